The number of rotatable bonds is 3. The van der Waals surface area contributed by atoms with Gasteiger partial charge in [-0.05, 0) is 19.1 Å². The van der Waals surface area contributed by atoms with Crippen LogP contribution in [-0.4, -0.2) is 27.2 Å². The molecule has 0 fully saturated rings. The first kappa shape index (κ1) is 12.4. The van der Waals surface area contributed by atoms with Gasteiger partial charge >= 0.3 is 0 Å². The molecule has 0 bridgehead atoms. The molecule has 0 aliphatic heterocycles. The van der Waals surface area contributed by atoms with Gasteiger partial charge in [0.1, 0.15) is 11.5 Å². The summed E-state index contributed by atoms with van der Waals surface area (Å²) in [5.74, 6) is 1.37. The number of carbonyl (C=O) groups excluding carboxylic acids is 1. The van der Waals surface area contributed by atoms with Crippen LogP contribution in [-0.2, 0) is 4.79 Å². The minimum atomic E-state index is -0.0390. The second kappa shape index (κ2) is 4.88. The summed E-state index contributed by atoms with van der Waals surface area (Å²) in [4.78, 5) is 12.9. The average Bonchev–Trinajstić information content (AvgIpc) is 2.27. The molecule has 4 nitrogen and oxygen atoms in total. The number of anilines is 1. The Balaban J connectivity index is 3.31. The van der Waals surface area contributed by atoms with Crippen molar-refractivity contribution < 1.29 is 14.3 Å². The molecule has 0 aliphatic carbocycles. The smallest absolute Gasteiger partial charge is 0.223 e. The number of methoxy groups -OCH3 is 2. The molecule has 0 N–H and O–H groups in total. The summed E-state index contributed by atoms with van der Waals surface area (Å²) in [7, 11) is 4.90. The lowest BCUT2D eigenvalue weighted by atomic mass is 10.1. The molecule has 0 atom stereocenters. The molecular formula is C12H17NO3. The summed E-state index contributed by atoms with van der Waals surface area (Å²) in [5, 5.41) is 0. The third kappa shape index (κ3) is 2.10. The summed E-state index contributed by atoms with van der Waals surface area (Å²) in [6.07, 6.45) is 0. The van der Waals surface area contributed by atoms with Gasteiger partial charge in [0.2, 0.25) is 5.91 Å². The Kier molecular flexibility index (Phi) is 3.77. The second-order valence-electron chi connectivity index (χ2n) is 3.52. The Labute approximate surface area is 95.8 Å². The lowest BCUT2D eigenvalue weighted by Gasteiger charge is -2.20. The molecule has 0 aromatic heterocycles. The normalized spacial score (nSPS) is 9.81. The second-order valence-corrected chi connectivity index (χ2v) is 3.52. The molecule has 0 aliphatic rings. The highest BCUT2D eigenvalue weighted by Crippen LogP contribution is 2.36. The van der Waals surface area contributed by atoms with Crippen LogP contribution in [0.5, 0.6) is 11.5 Å². The summed E-state index contributed by atoms with van der Waals surface area (Å²) in [6, 6.07) is 3.64. The van der Waals surface area contributed by atoms with E-state index in [1.54, 1.807) is 26.2 Å². The molecule has 1 amide bonds. The van der Waals surface area contributed by atoms with Crippen molar-refractivity contribution >= 4 is 11.6 Å². The number of nitrogens with zero attached hydrogens (tertiary/aromatic N) is 1. The maximum Gasteiger partial charge on any atom is 0.223 e. The lowest BCUT2D eigenvalue weighted by molar-refractivity contribution is -0.116. The van der Waals surface area contributed by atoms with E-state index in [1.165, 1.54) is 6.92 Å². The molecule has 0 saturated carbocycles. The van der Waals surface area contributed by atoms with Gasteiger partial charge in [0.05, 0.1) is 19.9 Å². The van der Waals surface area contributed by atoms with E-state index in [1.807, 2.05) is 19.1 Å². The predicted octanol–water partition coefficient (Wildman–Crippen LogP) is 1.99. The number of carbonyl (C=O) groups is 1. The maximum atomic E-state index is 11.3. The first-order chi connectivity index (χ1) is 7.52. The molecule has 1 aromatic carbocycles. The first-order valence-electron chi connectivity index (χ1n) is 4.98. The number of amides is 1. The van der Waals surface area contributed by atoms with Gasteiger partial charge in [0, 0.05) is 19.5 Å². The van der Waals surface area contributed by atoms with Crippen LogP contribution in [0.2, 0.25) is 0 Å². The SMILES string of the molecule is COc1ccc(N(C)C(C)=O)c(OC)c1C. The fraction of sp³-hybridized carbons (Fsp3) is 0.417. The van der Waals surface area contributed by atoms with E-state index in [0.29, 0.717) is 5.75 Å². The van der Waals surface area contributed by atoms with Crippen LogP contribution >= 0.6 is 0 Å². The fourth-order valence-corrected chi connectivity index (χ4v) is 1.57. The maximum absolute atomic E-state index is 11.3. The van der Waals surface area contributed by atoms with Crippen molar-refractivity contribution in [1.29, 1.82) is 0 Å². The third-order valence-electron chi connectivity index (χ3n) is 2.59. The molecule has 88 valence electrons. The van der Waals surface area contributed by atoms with Crippen LogP contribution in [0, 0.1) is 6.92 Å². The first-order valence-corrected chi connectivity index (χ1v) is 4.98. The zero-order valence-electron chi connectivity index (χ0n) is 10.3. The van der Waals surface area contributed by atoms with Crippen molar-refractivity contribution in [2.45, 2.75) is 13.8 Å². The van der Waals surface area contributed by atoms with Crippen LogP contribution in [0.3, 0.4) is 0 Å². The predicted molar refractivity (Wildman–Crippen MR) is 63.4 cm³/mol. The molecule has 0 radical (unpaired) electrons. The summed E-state index contributed by atoms with van der Waals surface area (Å²) in [6.45, 7) is 3.41. The van der Waals surface area contributed by atoms with E-state index in [2.05, 4.69) is 0 Å². The molecule has 1 aromatic rings. The van der Waals surface area contributed by atoms with E-state index in [0.717, 1.165) is 17.0 Å². The van der Waals surface area contributed by atoms with E-state index in [9.17, 15) is 4.79 Å². The number of ether oxygens (including phenoxy) is 2. The van der Waals surface area contributed by atoms with Crippen LogP contribution in [0.15, 0.2) is 12.1 Å². The summed E-state index contributed by atoms with van der Waals surface area (Å²) in [5.41, 5.74) is 1.63. The van der Waals surface area contributed by atoms with Gasteiger partial charge in [-0.25, -0.2) is 0 Å². The molecule has 0 heterocycles. The minimum absolute atomic E-state index is 0.0390. The van der Waals surface area contributed by atoms with Crippen molar-refractivity contribution in [1.82, 2.24) is 0 Å². The zero-order chi connectivity index (χ0) is 12.3. The van der Waals surface area contributed by atoms with E-state index in [4.69, 9.17) is 9.47 Å². The lowest BCUT2D eigenvalue weighted by Crippen LogP contribution is -2.23. The molecule has 0 saturated heterocycles. The Bertz CT molecular complexity index is 401. The molecule has 0 spiro atoms. The monoisotopic (exact) mass is 223 g/mol. The highest BCUT2D eigenvalue weighted by atomic mass is 16.5. The average molecular weight is 223 g/mol. The molecule has 1 rings (SSSR count). The fourth-order valence-electron chi connectivity index (χ4n) is 1.57. The van der Waals surface area contributed by atoms with Crippen molar-refractivity contribution in [3.63, 3.8) is 0 Å². The molecule has 0 unspecified atom stereocenters. The van der Waals surface area contributed by atoms with Crippen LogP contribution in [0.1, 0.15) is 12.5 Å². The van der Waals surface area contributed by atoms with Crippen molar-refractivity contribution in [2.24, 2.45) is 0 Å². The van der Waals surface area contributed by atoms with Crippen molar-refractivity contribution in [3.8, 4) is 11.5 Å². The van der Waals surface area contributed by atoms with E-state index >= 15 is 0 Å². The molecular weight excluding hydrogens is 206 g/mol. The standard InChI is InChI=1S/C12H17NO3/c1-8-11(15-4)7-6-10(12(8)16-5)13(3)9(2)14/h6-7H,1-5H3. The van der Waals surface area contributed by atoms with Crippen LogP contribution in [0.4, 0.5) is 5.69 Å². The Morgan fingerprint density at radius 1 is 1.25 bits per heavy atom. The Hall–Kier alpha value is -1.71. The highest BCUT2D eigenvalue weighted by molar-refractivity contribution is 5.93. The Morgan fingerprint density at radius 2 is 1.88 bits per heavy atom. The molecule has 16 heavy (non-hydrogen) atoms. The summed E-state index contributed by atoms with van der Waals surface area (Å²) >= 11 is 0. The highest BCUT2D eigenvalue weighted by Gasteiger charge is 2.16. The van der Waals surface area contributed by atoms with Crippen LogP contribution < -0.4 is 14.4 Å². The van der Waals surface area contributed by atoms with Gasteiger partial charge in [-0.3, -0.25) is 4.79 Å². The largest absolute Gasteiger partial charge is 0.496 e. The van der Waals surface area contributed by atoms with Crippen molar-refractivity contribution in [3.05, 3.63) is 17.7 Å². The third-order valence-corrected chi connectivity index (χ3v) is 2.59. The van der Waals surface area contributed by atoms with Gasteiger partial charge in [-0.2, -0.15) is 0 Å². The van der Waals surface area contributed by atoms with Gasteiger partial charge in [0.15, 0.2) is 0 Å². The van der Waals surface area contributed by atoms with E-state index in [-0.39, 0.29) is 5.91 Å². The van der Waals surface area contributed by atoms with Crippen LogP contribution in [0.25, 0.3) is 0 Å². The Morgan fingerprint density at radius 3 is 2.31 bits per heavy atom. The van der Waals surface area contributed by atoms with E-state index < -0.39 is 0 Å². The van der Waals surface area contributed by atoms with Crippen molar-refractivity contribution in [2.75, 3.05) is 26.2 Å². The quantitative estimate of drug-likeness (QED) is 0.786. The number of hydrogen-bond donors (Lipinski definition) is 0. The topological polar surface area (TPSA) is 38.8 Å². The van der Waals surface area contributed by atoms with Gasteiger partial charge in [-0.1, -0.05) is 0 Å². The van der Waals surface area contributed by atoms with Gasteiger partial charge < -0.3 is 14.4 Å². The zero-order valence-corrected chi connectivity index (χ0v) is 10.3. The van der Waals surface area contributed by atoms with Gasteiger partial charge in [0.25, 0.3) is 0 Å². The van der Waals surface area contributed by atoms with Gasteiger partial charge in [-0.15, -0.1) is 0 Å². The minimum Gasteiger partial charge on any atom is -0.496 e. The number of hydrogen-bond acceptors (Lipinski definition) is 3. The molecule has 4 heteroatoms. The number of benzene rings is 1. The summed E-state index contributed by atoms with van der Waals surface area (Å²) < 4.78 is 10.5.